The van der Waals surface area contributed by atoms with E-state index in [1.165, 1.54) is 6.07 Å². The lowest BCUT2D eigenvalue weighted by atomic mass is 10.1. The van der Waals surface area contributed by atoms with Gasteiger partial charge in [-0.25, -0.2) is 18.6 Å². The van der Waals surface area contributed by atoms with E-state index in [1.807, 2.05) is 6.07 Å². The van der Waals surface area contributed by atoms with Crippen LogP contribution in [0.5, 0.6) is 11.5 Å². The van der Waals surface area contributed by atoms with Gasteiger partial charge in [0.15, 0.2) is 5.75 Å². The summed E-state index contributed by atoms with van der Waals surface area (Å²) in [5.74, 6) is -0.170. The van der Waals surface area contributed by atoms with Crippen molar-refractivity contribution in [2.45, 2.75) is 19.5 Å². The van der Waals surface area contributed by atoms with Crippen LogP contribution in [0.15, 0.2) is 57.5 Å². The van der Waals surface area contributed by atoms with E-state index in [9.17, 15) is 13.6 Å². The van der Waals surface area contributed by atoms with Crippen molar-refractivity contribution in [1.82, 2.24) is 9.97 Å². The lowest BCUT2D eigenvalue weighted by Gasteiger charge is -2.12. The highest BCUT2D eigenvalue weighted by atomic mass is 79.9. The summed E-state index contributed by atoms with van der Waals surface area (Å²) in [6.07, 6.45) is -2.24. The molecule has 164 valence electrons. The molecule has 0 amide bonds. The molecule has 0 saturated heterocycles. The summed E-state index contributed by atoms with van der Waals surface area (Å²) in [6.45, 7) is 1.70. The molecule has 0 aliphatic carbocycles. The van der Waals surface area contributed by atoms with Crippen LogP contribution in [-0.4, -0.2) is 27.2 Å². The second kappa shape index (κ2) is 8.99. The Morgan fingerprint density at radius 3 is 2.53 bits per heavy atom. The number of carboxylic acid groups (broad SMARTS) is 1. The molecule has 1 aromatic heterocycles. The van der Waals surface area contributed by atoms with E-state index in [4.69, 9.17) is 9.84 Å². The number of hydrogen-bond acceptors (Lipinski definition) is 3. The minimum Gasteiger partial charge on any atom is -0.479 e. The molecular formula is C23H16Br2F2N2O3. The summed E-state index contributed by atoms with van der Waals surface area (Å²) in [5.41, 5.74) is 3.28. The van der Waals surface area contributed by atoms with Gasteiger partial charge in [-0.1, -0.05) is 0 Å². The fraction of sp³-hybridized carbons (Fsp3) is 0.130. The van der Waals surface area contributed by atoms with E-state index >= 15 is 0 Å². The Bertz CT molecular complexity index is 1320. The third-order valence-electron chi connectivity index (χ3n) is 4.85. The van der Waals surface area contributed by atoms with E-state index < -0.39 is 12.1 Å². The van der Waals surface area contributed by atoms with Gasteiger partial charge in [-0.05, 0) is 92.4 Å². The molecule has 9 heteroatoms. The molecule has 0 saturated carbocycles. The van der Waals surface area contributed by atoms with Gasteiger partial charge in [-0.15, -0.1) is 0 Å². The average molecular weight is 566 g/mol. The summed E-state index contributed by atoms with van der Waals surface area (Å²) >= 11 is 6.80. The molecular weight excluding hydrogens is 550 g/mol. The van der Waals surface area contributed by atoms with E-state index in [-0.39, 0.29) is 12.2 Å². The van der Waals surface area contributed by atoms with Gasteiger partial charge in [0.1, 0.15) is 17.4 Å². The quantitative estimate of drug-likeness (QED) is 0.265. The highest BCUT2D eigenvalue weighted by molar-refractivity contribution is 9.11. The molecule has 3 aromatic carbocycles. The number of nitrogens with one attached hydrogen (secondary N) is 1. The molecule has 0 radical (unpaired) electrons. The zero-order valence-corrected chi connectivity index (χ0v) is 19.8. The van der Waals surface area contributed by atoms with Crippen LogP contribution in [0.25, 0.3) is 22.4 Å². The molecule has 4 rings (SSSR count). The number of hydrogen-bond donors (Lipinski definition) is 2. The number of imidazole rings is 1. The van der Waals surface area contributed by atoms with Gasteiger partial charge in [0, 0.05) is 18.1 Å². The van der Waals surface area contributed by atoms with Crippen molar-refractivity contribution in [1.29, 1.82) is 0 Å². The van der Waals surface area contributed by atoms with Gasteiger partial charge in [0.05, 0.1) is 20.0 Å². The van der Waals surface area contributed by atoms with Crippen molar-refractivity contribution in [2.75, 3.05) is 0 Å². The number of alkyl halides is 1. The van der Waals surface area contributed by atoms with Crippen LogP contribution in [0.4, 0.5) is 8.78 Å². The van der Waals surface area contributed by atoms with Crippen molar-refractivity contribution in [3.63, 3.8) is 0 Å². The monoisotopic (exact) mass is 564 g/mol. The highest BCUT2D eigenvalue weighted by Gasteiger charge is 2.19. The van der Waals surface area contributed by atoms with Gasteiger partial charge in [-0.2, -0.15) is 0 Å². The number of aliphatic carboxylic acids is 1. The third kappa shape index (κ3) is 4.68. The number of halogens is 4. The molecule has 0 spiro atoms. The molecule has 1 unspecified atom stereocenters. The Kier molecular flexibility index (Phi) is 6.30. The number of ether oxygens (including phenoxy) is 1. The highest BCUT2D eigenvalue weighted by Crippen LogP contribution is 2.39. The van der Waals surface area contributed by atoms with Crippen LogP contribution in [0.3, 0.4) is 0 Å². The number of aromatic amines is 1. The van der Waals surface area contributed by atoms with Gasteiger partial charge in [-0.3, -0.25) is 0 Å². The predicted molar refractivity (Wildman–Crippen MR) is 124 cm³/mol. The zero-order valence-electron chi connectivity index (χ0n) is 16.6. The summed E-state index contributed by atoms with van der Waals surface area (Å²) in [5, 5.41) is 8.77. The maximum atomic E-state index is 13.6. The van der Waals surface area contributed by atoms with Crippen molar-refractivity contribution >= 4 is 48.9 Å². The fourth-order valence-corrected chi connectivity index (χ4v) is 4.66. The topological polar surface area (TPSA) is 75.2 Å². The van der Waals surface area contributed by atoms with E-state index in [2.05, 4.69) is 41.8 Å². The third-order valence-corrected chi connectivity index (χ3v) is 6.02. The van der Waals surface area contributed by atoms with Crippen molar-refractivity contribution in [2.24, 2.45) is 0 Å². The Morgan fingerprint density at radius 1 is 1.16 bits per heavy atom. The lowest BCUT2D eigenvalue weighted by molar-refractivity contribution is -0.142. The molecule has 0 bridgehead atoms. The molecule has 0 aliphatic heterocycles. The Hall–Kier alpha value is -2.78. The lowest BCUT2D eigenvalue weighted by Crippen LogP contribution is -2.17. The largest absolute Gasteiger partial charge is 0.479 e. The minimum absolute atomic E-state index is 0.252. The van der Waals surface area contributed by atoms with E-state index in [0.29, 0.717) is 42.9 Å². The van der Waals surface area contributed by atoms with E-state index in [1.54, 1.807) is 43.3 Å². The second-order valence-corrected chi connectivity index (χ2v) is 8.94. The number of fused-ring (bicyclic) bond motifs is 1. The van der Waals surface area contributed by atoms with Crippen molar-refractivity contribution < 1.29 is 23.4 Å². The first-order valence-corrected chi connectivity index (χ1v) is 11.1. The first kappa shape index (κ1) is 22.4. The molecule has 1 atom stereocenters. The fourth-order valence-electron chi connectivity index (χ4n) is 3.22. The van der Waals surface area contributed by atoms with Crippen LogP contribution in [-0.2, 0) is 11.2 Å². The summed E-state index contributed by atoms with van der Waals surface area (Å²) in [6, 6.07) is 13.4. The maximum absolute atomic E-state index is 13.6. The SMILES string of the molecule is Cc1cc(-c2nc3cc(Oc4c(Br)cc(CC(F)C(=O)O)cc4Br)ccc3[nH]2)ccc1F. The maximum Gasteiger partial charge on any atom is 0.338 e. The molecule has 0 fully saturated rings. The zero-order chi connectivity index (χ0) is 23.0. The molecule has 4 aromatic rings. The molecule has 32 heavy (non-hydrogen) atoms. The van der Waals surface area contributed by atoms with Crippen LogP contribution >= 0.6 is 31.9 Å². The number of aromatic nitrogens is 2. The summed E-state index contributed by atoms with van der Waals surface area (Å²) in [4.78, 5) is 18.6. The van der Waals surface area contributed by atoms with Crippen LogP contribution in [0, 0.1) is 12.7 Å². The number of benzene rings is 3. The standard InChI is InChI=1S/C23H16Br2F2N2O3/c1-11-6-13(2-4-17(11)26)22-28-19-5-3-14(10-20(19)29-22)32-21-15(24)7-12(8-16(21)25)9-18(27)23(30)31/h2-8,10,18H,9H2,1H3,(H,28,29)(H,30,31). The Morgan fingerprint density at radius 2 is 1.88 bits per heavy atom. The second-order valence-electron chi connectivity index (χ2n) is 7.23. The van der Waals surface area contributed by atoms with Gasteiger partial charge >= 0.3 is 5.97 Å². The van der Waals surface area contributed by atoms with Crippen molar-refractivity contribution in [3.8, 4) is 22.9 Å². The van der Waals surface area contributed by atoms with Gasteiger partial charge < -0.3 is 14.8 Å². The Balaban J connectivity index is 1.60. The predicted octanol–water partition coefficient (Wildman–Crippen LogP) is 6.96. The van der Waals surface area contributed by atoms with Crippen LogP contribution in [0.2, 0.25) is 0 Å². The first-order chi connectivity index (χ1) is 15.2. The normalized spacial score (nSPS) is 12.2. The van der Waals surface area contributed by atoms with Crippen LogP contribution < -0.4 is 4.74 Å². The molecule has 1 heterocycles. The number of carbonyl (C=O) groups is 1. The summed E-state index contributed by atoms with van der Waals surface area (Å²) < 4.78 is 34.2. The number of rotatable bonds is 6. The number of nitrogens with zero attached hydrogens (tertiary/aromatic N) is 1. The van der Waals surface area contributed by atoms with Crippen LogP contribution in [0.1, 0.15) is 11.1 Å². The molecule has 5 nitrogen and oxygen atoms in total. The number of carboxylic acids is 1. The minimum atomic E-state index is -1.98. The van der Waals surface area contributed by atoms with Gasteiger partial charge in [0.2, 0.25) is 6.17 Å². The number of aryl methyl sites for hydroxylation is 1. The summed E-state index contributed by atoms with van der Waals surface area (Å²) in [7, 11) is 0. The Labute approximate surface area is 198 Å². The number of H-pyrrole nitrogens is 1. The molecule has 0 aliphatic rings. The first-order valence-electron chi connectivity index (χ1n) is 9.50. The van der Waals surface area contributed by atoms with Crippen molar-refractivity contribution in [3.05, 3.63) is 74.4 Å². The average Bonchev–Trinajstić information content (AvgIpc) is 3.16. The smallest absolute Gasteiger partial charge is 0.338 e. The molecule has 2 N–H and O–H groups in total. The van der Waals surface area contributed by atoms with Gasteiger partial charge in [0.25, 0.3) is 0 Å². The van der Waals surface area contributed by atoms with E-state index in [0.717, 1.165) is 11.1 Å².